The SMILES string of the molecule is C=C(Cc1cn(CCCC(F)(F)F)c2nc(-c3ccc(Cl)cc3)cn2c1=O)NC1CCC1. The zero-order valence-corrected chi connectivity index (χ0v) is 18.2. The van der Waals surface area contributed by atoms with Gasteiger partial charge in [-0.2, -0.15) is 13.2 Å². The minimum Gasteiger partial charge on any atom is -0.386 e. The topological polar surface area (TPSA) is 51.3 Å². The lowest BCUT2D eigenvalue weighted by molar-refractivity contribution is -0.135. The normalized spacial score (nSPS) is 14.5. The largest absolute Gasteiger partial charge is 0.389 e. The highest BCUT2D eigenvalue weighted by Gasteiger charge is 2.26. The van der Waals surface area contributed by atoms with Gasteiger partial charge in [0.15, 0.2) is 0 Å². The van der Waals surface area contributed by atoms with Crippen molar-refractivity contribution < 1.29 is 13.2 Å². The van der Waals surface area contributed by atoms with Crippen LogP contribution in [0.25, 0.3) is 17.0 Å². The first-order valence-corrected chi connectivity index (χ1v) is 11.0. The fourth-order valence-corrected chi connectivity index (χ4v) is 3.92. The van der Waals surface area contributed by atoms with Gasteiger partial charge >= 0.3 is 6.18 Å². The van der Waals surface area contributed by atoms with Crippen LogP contribution in [0.2, 0.25) is 5.02 Å². The summed E-state index contributed by atoms with van der Waals surface area (Å²) in [5.41, 5.74) is 2.24. The standard InChI is InChI=1S/C23H24ClF3N4O/c1-15(28-19-4-2-5-19)12-17-13-30(11-3-10-23(25,26)27)22-29-20(14-31(22)21(17)32)16-6-8-18(24)9-7-16/h6-9,13-14,19,28H,1-5,10-12H2. The van der Waals surface area contributed by atoms with Gasteiger partial charge in [-0.25, -0.2) is 4.98 Å². The molecule has 1 aliphatic rings. The van der Waals surface area contributed by atoms with E-state index < -0.39 is 12.6 Å². The highest BCUT2D eigenvalue weighted by molar-refractivity contribution is 6.30. The molecular formula is C23H24ClF3N4O. The molecule has 2 heterocycles. The van der Waals surface area contributed by atoms with Crippen molar-refractivity contribution in [3.8, 4) is 11.3 Å². The molecule has 0 atom stereocenters. The van der Waals surface area contributed by atoms with Gasteiger partial charge in [-0.05, 0) is 37.8 Å². The van der Waals surface area contributed by atoms with Crippen LogP contribution in [-0.4, -0.2) is 26.2 Å². The van der Waals surface area contributed by atoms with Crippen molar-refractivity contribution in [2.45, 2.75) is 57.3 Å². The molecule has 1 aliphatic carbocycles. The molecule has 0 spiro atoms. The highest BCUT2D eigenvalue weighted by atomic mass is 35.5. The summed E-state index contributed by atoms with van der Waals surface area (Å²) in [6.07, 6.45) is 1.62. The highest BCUT2D eigenvalue weighted by Crippen LogP contribution is 2.24. The Bertz CT molecular complexity index is 1180. The van der Waals surface area contributed by atoms with E-state index in [0.29, 0.717) is 34.5 Å². The van der Waals surface area contributed by atoms with E-state index >= 15 is 0 Å². The Labute approximate surface area is 188 Å². The zero-order valence-electron chi connectivity index (χ0n) is 17.5. The third-order valence-electron chi connectivity index (χ3n) is 5.67. The molecule has 0 saturated heterocycles. The number of aryl methyl sites for hydroxylation is 1. The summed E-state index contributed by atoms with van der Waals surface area (Å²) < 4.78 is 41.1. The van der Waals surface area contributed by atoms with Crippen molar-refractivity contribution in [2.24, 2.45) is 0 Å². The molecule has 0 amide bonds. The van der Waals surface area contributed by atoms with Crippen LogP contribution >= 0.6 is 11.6 Å². The first-order valence-electron chi connectivity index (χ1n) is 10.6. The summed E-state index contributed by atoms with van der Waals surface area (Å²) in [5, 5.41) is 3.90. The van der Waals surface area contributed by atoms with E-state index in [1.807, 2.05) is 0 Å². The van der Waals surface area contributed by atoms with E-state index in [4.69, 9.17) is 11.6 Å². The molecule has 1 aromatic carbocycles. The van der Waals surface area contributed by atoms with Crippen LogP contribution in [0, 0.1) is 0 Å². The van der Waals surface area contributed by atoms with E-state index in [0.717, 1.165) is 24.1 Å². The van der Waals surface area contributed by atoms with Gasteiger partial charge in [0.25, 0.3) is 5.56 Å². The Morgan fingerprint density at radius 2 is 1.94 bits per heavy atom. The Morgan fingerprint density at radius 3 is 2.56 bits per heavy atom. The number of halogens is 4. The predicted octanol–water partition coefficient (Wildman–Crippen LogP) is 5.36. The van der Waals surface area contributed by atoms with Crippen molar-refractivity contribution >= 4 is 17.4 Å². The maximum absolute atomic E-state index is 13.2. The maximum atomic E-state index is 13.2. The Hall–Kier alpha value is -2.74. The van der Waals surface area contributed by atoms with E-state index in [1.165, 1.54) is 10.8 Å². The molecular weight excluding hydrogens is 441 g/mol. The number of hydrogen-bond acceptors (Lipinski definition) is 3. The van der Waals surface area contributed by atoms with Gasteiger partial charge in [0.2, 0.25) is 5.78 Å². The average Bonchev–Trinajstić information content (AvgIpc) is 3.14. The fourth-order valence-electron chi connectivity index (χ4n) is 3.80. The lowest BCUT2D eigenvalue weighted by atomic mass is 9.93. The summed E-state index contributed by atoms with van der Waals surface area (Å²) in [5.74, 6) is 0.309. The molecule has 1 N–H and O–H groups in total. The molecule has 0 unspecified atom stereocenters. The second kappa shape index (κ2) is 9.02. The minimum atomic E-state index is -4.23. The van der Waals surface area contributed by atoms with Gasteiger partial charge in [0, 0.05) is 59.7 Å². The third-order valence-corrected chi connectivity index (χ3v) is 5.92. The summed E-state index contributed by atoms with van der Waals surface area (Å²) in [6, 6.07) is 7.39. The molecule has 2 aromatic heterocycles. The molecule has 1 fully saturated rings. The van der Waals surface area contributed by atoms with Crippen LogP contribution in [0.3, 0.4) is 0 Å². The number of benzene rings is 1. The van der Waals surface area contributed by atoms with Crippen LogP contribution in [0.5, 0.6) is 0 Å². The number of hydrogen-bond donors (Lipinski definition) is 1. The fraction of sp³-hybridized carbons (Fsp3) is 0.391. The predicted molar refractivity (Wildman–Crippen MR) is 119 cm³/mol. The molecule has 0 aliphatic heterocycles. The van der Waals surface area contributed by atoms with E-state index in [2.05, 4.69) is 16.9 Å². The summed E-state index contributed by atoms with van der Waals surface area (Å²) >= 11 is 5.96. The number of nitrogens with one attached hydrogen (secondary N) is 1. The molecule has 0 radical (unpaired) electrons. The van der Waals surface area contributed by atoms with Crippen LogP contribution in [0.4, 0.5) is 13.2 Å². The number of nitrogens with zero attached hydrogens (tertiary/aromatic N) is 3. The molecule has 170 valence electrons. The zero-order chi connectivity index (χ0) is 22.9. The quantitative estimate of drug-likeness (QED) is 0.488. The van der Waals surface area contributed by atoms with Crippen molar-refractivity contribution in [3.63, 3.8) is 0 Å². The maximum Gasteiger partial charge on any atom is 0.389 e. The van der Waals surface area contributed by atoms with Gasteiger partial charge in [-0.1, -0.05) is 30.3 Å². The summed E-state index contributed by atoms with van der Waals surface area (Å²) in [4.78, 5) is 17.7. The first kappa shape index (κ1) is 22.5. The molecule has 1 saturated carbocycles. The minimum absolute atomic E-state index is 0.0931. The average molecular weight is 465 g/mol. The Kier molecular flexibility index (Phi) is 6.33. The Morgan fingerprint density at radius 1 is 1.22 bits per heavy atom. The van der Waals surface area contributed by atoms with Crippen LogP contribution in [0.15, 0.2) is 53.7 Å². The number of rotatable bonds is 8. The first-order chi connectivity index (χ1) is 15.2. The van der Waals surface area contributed by atoms with E-state index in [-0.39, 0.29) is 18.5 Å². The van der Waals surface area contributed by atoms with Crippen molar-refractivity contribution in [1.29, 1.82) is 0 Å². The van der Waals surface area contributed by atoms with E-state index in [1.54, 1.807) is 41.2 Å². The molecule has 32 heavy (non-hydrogen) atoms. The van der Waals surface area contributed by atoms with Gasteiger partial charge in [0.05, 0.1) is 5.69 Å². The van der Waals surface area contributed by atoms with Crippen molar-refractivity contribution in [2.75, 3.05) is 0 Å². The molecule has 5 nitrogen and oxygen atoms in total. The van der Waals surface area contributed by atoms with Crippen LogP contribution in [-0.2, 0) is 13.0 Å². The van der Waals surface area contributed by atoms with Crippen molar-refractivity contribution in [1.82, 2.24) is 19.3 Å². The van der Waals surface area contributed by atoms with Gasteiger partial charge in [0.1, 0.15) is 0 Å². The molecule has 3 aromatic rings. The third kappa shape index (κ3) is 5.18. The van der Waals surface area contributed by atoms with Crippen LogP contribution in [0.1, 0.15) is 37.7 Å². The lowest BCUT2D eigenvalue weighted by Gasteiger charge is -2.28. The number of fused-ring (bicyclic) bond motifs is 1. The lowest BCUT2D eigenvalue weighted by Crippen LogP contribution is -2.35. The van der Waals surface area contributed by atoms with E-state index in [9.17, 15) is 18.0 Å². The molecule has 4 rings (SSSR count). The Balaban J connectivity index is 1.69. The molecule has 9 heteroatoms. The number of aromatic nitrogens is 3. The molecule has 0 bridgehead atoms. The number of alkyl halides is 3. The second-order valence-corrected chi connectivity index (χ2v) is 8.66. The van der Waals surface area contributed by atoms with Gasteiger partial charge in [-0.15, -0.1) is 0 Å². The smallest absolute Gasteiger partial charge is 0.386 e. The van der Waals surface area contributed by atoms with Gasteiger partial charge < -0.3 is 9.88 Å². The van der Waals surface area contributed by atoms with Crippen molar-refractivity contribution in [3.05, 3.63) is 69.9 Å². The number of imidazole rings is 1. The van der Waals surface area contributed by atoms with Crippen LogP contribution < -0.4 is 10.9 Å². The second-order valence-electron chi connectivity index (χ2n) is 8.23. The number of allylic oxidation sites excluding steroid dienone is 1. The van der Waals surface area contributed by atoms with Gasteiger partial charge in [-0.3, -0.25) is 9.20 Å². The summed E-state index contributed by atoms with van der Waals surface area (Å²) in [6.45, 7) is 4.13. The summed E-state index contributed by atoms with van der Waals surface area (Å²) in [7, 11) is 0. The monoisotopic (exact) mass is 464 g/mol.